The molecule has 0 spiro atoms. The van der Waals surface area contributed by atoms with E-state index in [4.69, 9.17) is 33.0 Å². The van der Waals surface area contributed by atoms with Crippen LogP contribution in [0.3, 0.4) is 0 Å². The van der Waals surface area contributed by atoms with E-state index in [0.717, 1.165) is 5.56 Å². The fraction of sp³-hybridized carbons (Fsp3) is 0.111. The van der Waals surface area contributed by atoms with Gasteiger partial charge in [0.25, 0.3) is 4.84 Å². The first-order valence-corrected chi connectivity index (χ1v) is 4.89. The molecular weight excluding hydrogens is 236 g/mol. The molecule has 1 N–H and O–H groups in total. The van der Waals surface area contributed by atoms with E-state index >= 15 is 0 Å². The van der Waals surface area contributed by atoms with Gasteiger partial charge in [-0.1, -0.05) is 11.6 Å². The first-order chi connectivity index (χ1) is 7.20. The Balaban J connectivity index is 2.46. The Kier molecular flexibility index (Phi) is 2.75. The maximum absolute atomic E-state index is 5.96. The lowest BCUT2D eigenvalue weighted by Gasteiger charge is -2.02. The first-order valence-electron chi connectivity index (χ1n) is 4.10. The van der Waals surface area contributed by atoms with Gasteiger partial charge >= 0.3 is 0 Å². The van der Waals surface area contributed by atoms with E-state index in [-0.39, 0.29) is 4.84 Å². The number of rotatable bonds is 2. The normalized spacial score (nSPS) is 10.3. The number of aromatic amines is 1. The van der Waals surface area contributed by atoms with Gasteiger partial charge in [0.2, 0.25) is 5.89 Å². The Labute approximate surface area is 95.8 Å². The second-order valence-corrected chi connectivity index (χ2v) is 3.55. The van der Waals surface area contributed by atoms with Gasteiger partial charge in [-0.25, -0.2) is 5.10 Å². The minimum Gasteiger partial charge on any atom is -0.495 e. The summed E-state index contributed by atoms with van der Waals surface area (Å²) in [6.07, 6.45) is 0. The molecule has 0 unspecified atom stereocenters. The molecule has 78 valence electrons. The lowest BCUT2D eigenvalue weighted by atomic mass is 10.2. The highest BCUT2D eigenvalue weighted by molar-refractivity contribution is 7.71. The molecule has 0 aliphatic rings. The van der Waals surface area contributed by atoms with E-state index in [1.165, 1.54) is 0 Å². The summed E-state index contributed by atoms with van der Waals surface area (Å²) in [6, 6.07) is 5.24. The maximum Gasteiger partial charge on any atom is 0.284 e. The van der Waals surface area contributed by atoms with Crippen molar-refractivity contribution in [3.05, 3.63) is 28.1 Å². The van der Waals surface area contributed by atoms with E-state index in [1.54, 1.807) is 25.3 Å². The maximum atomic E-state index is 5.96. The van der Waals surface area contributed by atoms with Crippen LogP contribution in [0, 0.1) is 4.84 Å². The third kappa shape index (κ3) is 2.03. The van der Waals surface area contributed by atoms with Crippen LogP contribution in [0.15, 0.2) is 22.6 Å². The van der Waals surface area contributed by atoms with Gasteiger partial charge in [0.1, 0.15) is 5.75 Å². The lowest BCUT2D eigenvalue weighted by Crippen LogP contribution is -1.85. The minimum atomic E-state index is 0.233. The molecule has 1 aromatic heterocycles. The number of hydrogen-bond acceptors (Lipinski definition) is 4. The Morgan fingerprint density at radius 2 is 2.33 bits per heavy atom. The van der Waals surface area contributed by atoms with Gasteiger partial charge in [0.05, 0.1) is 12.1 Å². The zero-order chi connectivity index (χ0) is 10.8. The second kappa shape index (κ2) is 4.04. The van der Waals surface area contributed by atoms with Gasteiger partial charge in [-0.15, -0.1) is 5.10 Å². The number of aromatic nitrogens is 2. The third-order valence-corrected chi connectivity index (χ3v) is 2.31. The van der Waals surface area contributed by atoms with Crippen molar-refractivity contribution in [3.8, 4) is 17.2 Å². The van der Waals surface area contributed by atoms with E-state index < -0.39 is 0 Å². The smallest absolute Gasteiger partial charge is 0.284 e. The van der Waals surface area contributed by atoms with Crippen molar-refractivity contribution in [2.24, 2.45) is 0 Å². The molecule has 1 heterocycles. The van der Waals surface area contributed by atoms with E-state index in [2.05, 4.69) is 10.2 Å². The Hall–Kier alpha value is -1.33. The molecular formula is C9H7ClN2O2S. The van der Waals surface area contributed by atoms with Gasteiger partial charge in [0, 0.05) is 5.56 Å². The molecule has 4 nitrogen and oxygen atoms in total. The van der Waals surface area contributed by atoms with Gasteiger partial charge in [0.15, 0.2) is 0 Å². The molecule has 0 fully saturated rings. The van der Waals surface area contributed by atoms with Crippen molar-refractivity contribution in [3.63, 3.8) is 0 Å². The Bertz CT molecular complexity index is 535. The predicted molar refractivity (Wildman–Crippen MR) is 58.7 cm³/mol. The predicted octanol–water partition coefficient (Wildman–Crippen LogP) is 3.06. The quantitative estimate of drug-likeness (QED) is 0.823. The van der Waals surface area contributed by atoms with Gasteiger partial charge < -0.3 is 9.15 Å². The number of nitrogens with one attached hydrogen (secondary N) is 1. The average Bonchev–Trinajstić information content (AvgIpc) is 2.65. The zero-order valence-electron chi connectivity index (χ0n) is 7.78. The number of H-pyrrole nitrogens is 1. The van der Waals surface area contributed by atoms with Crippen LogP contribution >= 0.6 is 23.8 Å². The van der Waals surface area contributed by atoms with Crippen molar-refractivity contribution < 1.29 is 9.15 Å². The molecule has 0 atom stereocenters. The molecule has 0 aliphatic heterocycles. The van der Waals surface area contributed by atoms with Crippen LogP contribution in [-0.2, 0) is 0 Å². The highest BCUT2D eigenvalue weighted by Crippen LogP contribution is 2.29. The van der Waals surface area contributed by atoms with Crippen molar-refractivity contribution in [2.45, 2.75) is 0 Å². The van der Waals surface area contributed by atoms with Crippen LogP contribution < -0.4 is 4.74 Å². The fourth-order valence-electron chi connectivity index (χ4n) is 1.15. The van der Waals surface area contributed by atoms with Gasteiger partial charge in [-0.2, -0.15) is 0 Å². The molecule has 0 radical (unpaired) electrons. The Morgan fingerprint density at radius 3 is 2.87 bits per heavy atom. The summed E-state index contributed by atoms with van der Waals surface area (Å²) in [7, 11) is 1.56. The summed E-state index contributed by atoms with van der Waals surface area (Å²) in [5.74, 6) is 1.01. The fourth-order valence-corrected chi connectivity index (χ4v) is 1.54. The van der Waals surface area contributed by atoms with E-state index in [0.29, 0.717) is 16.7 Å². The number of methoxy groups -OCH3 is 1. The average molecular weight is 243 g/mol. The molecule has 6 heteroatoms. The SMILES string of the molecule is COc1ccc(-c2n[nH]c(=S)o2)cc1Cl. The molecule has 0 amide bonds. The van der Waals surface area contributed by atoms with Crippen LogP contribution in [0.5, 0.6) is 5.75 Å². The van der Waals surface area contributed by atoms with Crippen molar-refractivity contribution in [2.75, 3.05) is 7.11 Å². The summed E-state index contributed by atoms with van der Waals surface area (Å²) in [5.41, 5.74) is 0.744. The Morgan fingerprint density at radius 1 is 1.53 bits per heavy atom. The molecule has 15 heavy (non-hydrogen) atoms. The molecule has 0 aliphatic carbocycles. The number of benzene rings is 1. The summed E-state index contributed by atoms with van der Waals surface area (Å²) < 4.78 is 10.2. The molecule has 0 saturated carbocycles. The number of nitrogens with zero attached hydrogens (tertiary/aromatic N) is 1. The van der Waals surface area contributed by atoms with Crippen LogP contribution in [0.2, 0.25) is 5.02 Å². The molecule has 2 rings (SSSR count). The third-order valence-electron chi connectivity index (χ3n) is 1.84. The summed E-state index contributed by atoms with van der Waals surface area (Å²) in [6.45, 7) is 0. The van der Waals surface area contributed by atoms with Crippen molar-refractivity contribution in [1.29, 1.82) is 0 Å². The molecule has 2 aromatic rings. The summed E-state index contributed by atoms with van der Waals surface area (Å²) in [5, 5.41) is 6.93. The van der Waals surface area contributed by atoms with Crippen LogP contribution in [0.25, 0.3) is 11.5 Å². The largest absolute Gasteiger partial charge is 0.495 e. The highest BCUT2D eigenvalue weighted by atomic mass is 35.5. The number of hydrogen-bond donors (Lipinski definition) is 1. The van der Waals surface area contributed by atoms with Crippen molar-refractivity contribution in [1.82, 2.24) is 10.2 Å². The monoisotopic (exact) mass is 242 g/mol. The highest BCUT2D eigenvalue weighted by Gasteiger charge is 2.07. The van der Waals surface area contributed by atoms with Gasteiger partial charge in [-0.3, -0.25) is 0 Å². The number of halogens is 1. The molecule has 0 saturated heterocycles. The van der Waals surface area contributed by atoms with E-state index in [1.807, 2.05) is 0 Å². The lowest BCUT2D eigenvalue weighted by molar-refractivity contribution is 0.415. The summed E-state index contributed by atoms with van der Waals surface area (Å²) >= 11 is 10.7. The molecule has 0 bridgehead atoms. The van der Waals surface area contributed by atoms with Crippen LogP contribution in [-0.4, -0.2) is 17.3 Å². The first kappa shape index (κ1) is 10.2. The molecule has 1 aromatic carbocycles. The van der Waals surface area contributed by atoms with Crippen molar-refractivity contribution >= 4 is 23.8 Å². The summed E-state index contributed by atoms with van der Waals surface area (Å²) in [4.78, 5) is 0.233. The van der Waals surface area contributed by atoms with E-state index in [9.17, 15) is 0 Å². The van der Waals surface area contributed by atoms with Crippen LogP contribution in [0.1, 0.15) is 0 Å². The topological polar surface area (TPSA) is 51.0 Å². The standard InChI is InChI=1S/C9H7ClN2O2S/c1-13-7-3-2-5(4-6(7)10)8-11-12-9(15)14-8/h2-4H,1H3,(H,12,15). The minimum absolute atomic E-state index is 0.233. The van der Waals surface area contributed by atoms with Crippen LogP contribution in [0.4, 0.5) is 0 Å². The zero-order valence-corrected chi connectivity index (χ0v) is 9.35. The second-order valence-electron chi connectivity index (χ2n) is 2.77. The number of ether oxygens (including phenoxy) is 1. The van der Waals surface area contributed by atoms with Gasteiger partial charge in [-0.05, 0) is 30.4 Å².